The summed E-state index contributed by atoms with van der Waals surface area (Å²) in [5.74, 6) is 0.214. The number of aromatic nitrogens is 1. The molecule has 0 aromatic carbocycles. The number of halogens is 1. The van der Waals surface area contributed by atoms with E-state index in [0.717, 1.165) is 10.9 Å². The smallest absolute Gasteiger partial charge is 0.255 e. The Morgan fingerprint density at radius 3 is 3.00 bits per heavy atom. The van der Waals surface area contributed by atoms with Crippen molar-refractivity contribution in [2.75, 3.05) is 13.1 Å². The maximum atomic E-state index is 12.3. The fourth-order valence-corrected chi connectivity index (χ4v) is 2.53. The molecule has 0 spiro atoms. The van der Waals surface area contributed by atoms with Crippen LogP contribution in [0.25, 0.3) is 0 Å². The van der Waals surface area contributed by atoms with Crippen LogP contribution in [-0.4, -0.2) is 34.7 Å². The minimum absolute atomic E-state index is 0.0113. The van der Waals surface area contributed by atoms with Gasteiger partial charge >= 0.3 is 0 Å². The van der Waals surface area contributed by atoms with Gasteiger partial charge in [-0.1, -0.05) is 6.92 Å². The fraction of sp³-hybridized carbons (Fsp3) is 0.462. The molecule has 0 aliphatic carbocycles. The molecule has 18 heavy (non-hydrogen) atoms. The van der Waals surface area contributed by atoms with Gasteiger partial charge in [-0.2, -0.15) is 0 Å². The number of amides is 1. The molecule has 0 saturated carbocycles. The van der Waals surface area contributed by atoms with Crippen molar-refractivity contribution in [2.24, 2.45) is 5.92 Å². The molecule has 2 rings (SSSR count). The molecule has 4 nitrogen and oxygen atoms in total. The first-order valence-corrected chi connectivity index (χ1v) is 6.83. The third-order valence-electron chi connectivity index (χ3n) is 3.26. The van der Waals surface area contributed by atoms with Crippen LogP contribution in [0.4, 0.5) is 0 Å². The van der Waals surface area contributed by atoms with Crippen LogP contribution >= 0.6 is 15.9 Å². The quantitative estimate of drug-likeness (QED) is 0.842. The normalized spacial score (nSPS) is 20.0. The third-order valence-corrected chi connectivity index (χ3v) is 3.69. The number of piperidine rings is 1. The molecule has 5 heteroatoms. The van der Waals surface area contributed by atoms with Crippen LogP contribution in [0.2, 0.25) is 0 Å². The summed E-state index contributed by atoms with van der Waals surface area (Å²) in [7, 11) is 0. The minimum Gasteiger partial charge on any atom is -0.337 e. The van der Waals surface area contributed by atoms with Crippen molar-refractivity contribution >= 4 is 27.6 Å². The van der Waals surface area contributed by atoms with E-state index in [2.05, 4.69) is 20.9 Å². The largest absolute Gasteiger partial charge is 0.337 e. The van der Waals surface area contributed by atoms with Gasteiger partial charge in [-0.3, -0.25) is 14.6 Å². The fourth-order valence-electron chi connectivity index (χ4n) is 2.16. The van der Waals surface area contributed by atoms with Gasteiger partial charge in [0.1, 0.15) is 5.78 Å². The first-order valence-electron chi connectivity index (χ1n) is 6.04. The summed E-state index contributed by atoms with van der Waals surface area (Å²) in [6.07, 6.45) is 4.46. The van der Waals surface area contributed by atoms with Gasteiger partial charge in [0.25, 0.3) is 5.91 Å². The highest BCUT2D eigenvalue weighted by molar-refractivity contribution is 9.10. The van der Waals surface area contributed by atoms with E-state index in [1.165, 1.54) is 0 Å². The molecule has 1 aliphatic heterocycles. The summed E-state index contributed by atoms with van der Waals surface area (Å²) in [6.45, 7) is 3.03. The van der Waals surface area contributed by atoms with Gasteiger partial charge in [0.15, 0.2) is 0 Å². The number of rotatable bonds is 2. The third kappa shape index (κ3) is 2.77. The molecule has 1 atom stereocenters. The van der Waals surface area contributed by atoms with Crippen LogP contribution in [0.5, 0.6) is 0 Å². The van der Waals surface area contributed by atoms with E-state index in [0.29, 0.717) is 25.1 Å². The van der Waals surface area contributed by atoms with Gasteiger partial charge in [0, 0.05) is 42.3 Å². The minimum atomic E-state index is -0.0465. The second kappa shape index (κ2) is 5.61. The summed E-state index contributed by atoms with van der Waals surface area (Å²) in [5.41, 5.74) is 0.563. The molecule has 1 aromatic heterocycles. The van der Waals surface area contributed by atoms with Crippen molar-refractivity contribution in [1.29, 1.82) is 0 Å². The molecule has 1 amide bonds. The van der Waals surface area contributed by atoms with E-state index in [4.69, 9.17) is 0 Å². The number of pyridine rings is 1. The van der Waals surface area contributed by atoms with Crippen molar-refractivity contribution < 1.29 is 9.59 Å². The van der Waals surface area contributed by atoms with E-state index < -0.39 is 0 Å². The molecule has 1 aliphatic rings. The highest BCUT2D eigenvalue weighted by Gasteiger charge is 2.29. The second-order valence-corrected chi connectivity index (χ2v) is 5.38. The molecule has 1 saturated heterocycles. The molecule has 1 aromatic rings. The molecule has 1 unspecified atom stereocenters. The Hall–Kier alpha value is -1.23. The lowest BCUT2D eigenvalue weighted by Gasteiger charge is -2.31. The Bertz CT molecular complexity index is 476. The lowest BCUT2D eigenvalue weighted by molar-refractivity contribution is -0.125. The van der Waals surface area contributed by atoms with Gasteiger partial charge < -0.3 is 4.90 Å². The van der Waals surface area contributed by atoms with Gasteiger partial charge in [-0.05, 0) is 28.4 Å². The summed E-state index contributed by atoms with van der Waals surface area (Å²) >= 11 is 3.30. The predicted octanol–water partition coefficient (Wildman–Crippen LogP) is 2.29. The van der Waals surface area contributed by atoms with Gasteiger partial charge in [-0.25, -0.2) is 0 Å². The average molecular weight is 311 g/mol. The number of Topliss-reactive ketones (excluding diaryl/α,β-unsaturated/α-hetero) is 1. The number of hydrogen-bond acceptors (Lipinski definition) is 3. The summed E-state index contributed by atoms with van der Waals surface area (Å²) < 4.78 is 0.786. The van der Waals surface area contributed by atoms with Crippen molar-refractivity contribution in [3.63, 3.8) is 0 Å². The molecular formula is C13H15BrN2O2. The van der Waals surface area contributed by atoms with E-state index in [-0.39, 0.29) is 17.6 Å². The molecule has 2 heterocycles. The summed E-state index contributed by atoms with van der Waals surface area (Å²) in [5, 5.41) is 0. The lowest BCUT2D eigenvalue weighted by atomic mass is 9.94. The highest BCUT2D eigenvalue weighted by atomic mass is 79.9. The lowest BCUT2D eigenvalue weighted by Crippen LogP contribution is -2.43. The Morgan fingerprint density at radius 1 is 1.56 bits per heavy atom. The van der Waals surface area contributed by atoms with Crippen molar-refractivity contribution in [3.05, 3.63) is 28.5 Å². The van der Waals surface area contributed by atoms with Crippen molar-refractivity contribution in [3.8, 4) is 0 Å². The molecule has 0 N–H and O–H groups in total. The van der Waals surface area contributed by atoms with Crippen LogP contribution in [0.3, 0.4) is 0 Å². The Labute approximate surface area is 115 Å². The Morgan fingerprint density at radius 2 is 2.33 bits per heavy atom. The number of carbonyl (C=O) groups is 2. The van der Waals surface area contributed by atoms with Crippen LogP contribution in [-0.2, 0) is 4.79 Å². The molecular weight excluding hydrogens is 296 g/mol. The van der Waals surface area contributed by atoms with Crippen molar-refractivity contribution in [2.45, 2.75) is 19.8 Å². The topological polar surface area (TPSA) is 50.3 Å². The van der Waals surface area contributed by atoms with Crippen LogP contribution in [0, 0.1) is 5.92 Å². The predicted molar refractivity (Wildman–Crippen MR) is 71.2 cm³/mol. The van der Waals surface area contributed by atoms with Crippen molar-refractivity contribution in [1.82, 2.24) is 9.88 Å². The molecule has 0 radical (unpaired) electrons. The van der Waals surface area contributed by atoms with Gasteiger partial charge in [0.05, 0.1) is 5.56 Å². The standard InChI is InChI=1S/C13H15BrN2O2/c1-2-9-8-16(4-3-12(9)17)13(18)10-5-11(14)7-15-6-10/h5-7,9H,2-4,8H2,1H3. The first-order chi connectivity index (χ1) is 8.61. The number of hydrogen-bond donors (Lipinski definition) is 0. The monoisotopic (exact) mass is 310 g/mol. The molecule has 1 fully saturated rings. The summed E-state index contributed by atoms with van der Waals surface area (Å²) in [6, 6.07) is 1.76. The number of ketones is 1. The van der Waals surface area contributed by atoms with E-state index >= 15 is 0 Å². The maximum Gasteiger partial charge on any atom is 0.255 e. The zero-order valence-corrected chi connectivity index (χ0v) is 11.8. The zero-order valence-electron chi connectivity index (χ0n) is 10.2. The maximum absolute atomic E-state index is 12.3. The number of likely N-dealkylation sites (tertiary alicyclic amines) is 1. The van der Waals surface area contributed by atoms with Crippen LogP contribution in [0.1, 0.15) is 30.1 Å². The Kier molecular flexibility index (Phi) is 4.11. The average Bonchev–Trinajstić information content (AvgIpc) is 2.38. The SMILES string of the molecule is CCC1CN(C(=O)c2cncc(Br)c2)CCC1=O. The van der Waals surface area contributed by atoms with Crippen LogP contribution in [0.15, 0.2) is 22.9 Å². The zero-order chi connectivity index (χ0) is 13.1. The van der Waals surface area contributed by atoms with E-state index in [1.807, 2.05) is 6.92 Å². The van der Waals surface area contributed by atoms with Gasteiger partial charge in [-0.15, -0.1) is 0 Å². The Balaban J connectivity index is 2.12. The molecule has 96 valence electrons. The second-order valence-electron chi connectivity index (χ2n) is 4.46. The first kappa shape index (κ1) is 13.2. The highest BCUT2D eigenvalue weighted by Crippen LogP contribution is 2.19. The van der Waals surface area contributed by atoms with E-state index in [9.17, 15) is 9.59 Å². The molecule has 0 bridgehead atoms. The number of nitrogens with zero attached hydrogens (tertiary/aromatic N) is 2. The summed E-state index contributed by atoms with van der Waals surface area (Å²) in [4.78, 5) is 29.6. The van der Waals surface area contributed by atoms with Gasteiger partial charge in [0.2, 0.25) is 0 Å². The van der Waals surface area contributed by atoms with Crippen LogP contribution < -0.4 is 0 Å². The number of carbonyl (C=O) groups excluding carboxylic acids is 2. The van der Waals surface area contributed by atoms with E-state index in [1.54, 1.807) is 23.4 Å².